The van der Waals surface area contributed by atoms with Crippen molar-refractivity contribution in [2.45, 2.75) is 32.1 Å². The lowest BCUT2D eigenvalue weighted by Crippen LogP contribution is -2.53. The van der Waals surface area contributed by atoms with Crippen LogP contribution in [-0.4, -0.2) is 60.9 Å². The fourth-order valence-corrected chi connectivity index (χ4v) is 5.66. The van der Waals surface area contributed by atoms with Crippen molar-refractivity contribution in [3.8, 4) is 5.75 Å². The number of para-hydroxylation sites is 1. The Kier molecular flexibility index (Phi) is 9.11. The van der Waals surface area contributed by atoms with Crippen molar-refractivity contribution in [3.05, 3.63) is 88.1 Å². The Labute approximate surface area is 217 Å². The zero-order chi connectivity index (χ0) is 25.3. The summed E-state index contributed by atoms with van der Waals surface area (Å²) in [6.45, 7) is 6.85. The maximum absolute atomic E-state index is 12.8. The summed E-state index contributed by atoms with van der Waals surface area (Å²) in [7, 11) is 1.58. The number of thiophene rings is 1. The summed E-state index contributed by atoms with van der Waals surface area (Å²) in [4.78, 5) is 31.4. The van der Waals surface area contributed by atoms with Crippen LogP contribution in [0.5, 0.6) is 5.75 Å². The van der Waals surface area contributed by atoms with Gasteiger partial charge in [0.15, 0.2) is 0 Å². The Hall–Kier alpha value is -3.20. The second-order valence-electron chi connectivity index (χ2n) is 9.01. The van der Waals surface area contributed by atoms with Crippen molar-refractivity contribution in [3.63, 3.8) is 0 Å². The summed E-state index contributed by atoms with van der Waals surface area (Å²) < 4.78 is 5.32. The van der Waals surface area contributed by atoms with Crippen molar-refractivity contribution in [1.29, 1.82) is 0 Å². The number of ether oxygens (including phenoxy) is 1. The van der Waals surface area contributed by atoms with Gasteiger partial charge in [0.1, 0.15) is 5.75 Å². The van der Waals surface area contributed by atoms with Crippen LogP contribution < -0.4 is 15.4 Å². The number of benzene rings is 2. The summed E-state index contributed by atoms with van der Waals surface area (Å²) in [5.41, 5.74) is 2.14. The number of nitrogens with zero attached hydrogens (tertiary/aromatic N) is 2. The molecule has 2 N–H and O–H groups in total. The van der Waals surface area contributed by atoms with Crippen LogP contribution in [0.25, 0.3) is 0 Å². The predicted octanol–water partition coefficient (Wildman–Crippen LogP) is 3.44. The molecule has 0 bridgehead atoms. The molecule has 2 unspecified atom stereocenters. The van der Waals surface area contributed by atoms with Gasteiger partial charge in [0.2, 0.25) is 0 Å². The number of hydrogen-bond donors (Lipinski definition) is 2. The van der Waals surface area contributed by atoms with E-state index in [4.69, 9.17) is 4.74 Å². The second-order valence-corrected chi connectivity index (χ2v) is 9.99. The topological polar surface area (TPSA) is 73.9 Å². The van der Waals surface area contributed by atoms with Gasteiger partial charge in [0.25, 0.3) is 0 Å². The smallest absolute Gasteiger partial charge is 0.309 e. The number of methoxy groups -OCH3 is 1. The van der Waals surface area contributed by atoms with Crippen LogP contribution >= 0.6 is 11.3 Å². The van der Waals surface area contributed by atoms with Crippen LogP contribution in [0.15, 0.2) is 72.1 Å². The fraction of sp³-hybridized carbons (Fsp3) is 0.357. The van der Waals surface area contributed by atoms with E-state index in [1.54, 1.807) is 18.4 Å². The van der Waals surface area contributed by atoms with Gasteiger partial charge < -0.3 is 15.4 Å². The number of carbonyl (C=O) groups is 2. The van der Waals surface area contributed by atoms with Gasteiger partial charge in [-0.3, -0.25) is 19.4 Å². The molecule has 2 atom stereocenters. The molecule has 1 saturated heterocycles. The second kappa shape index (κ2) is 12.7. The molecule has 36 heavy (non-hydrogen) atoms. The van der Waals surface area contributed by atoms with E-state index < -0.39 is 11.8 Å². The molecule has 7 nitrogen and oxygen atoms in total. The Morgan fingerprint density at radius 2 is 1.67 bits per heavy atom. The van der Waals surface area contributed by atoms with Gasteiger partial charge in [0, 0.05) is 55.8 Å². The van der Waals surface area contributed by atoms with E-state index in [0.29, 0.717) is 5.75 Å². The predicted molar refractivity (Wildman–Crippen MR) is 143 cm³/mol. The van der Waals surface area contributed by atoms with Crippen molar-refractivity contribution in [2.75, 3.05) is 33.3 Å². The van der Waals surface area contributed by atoms with Crippen LogP contribution in [-0.2, 0) is 22.7 Å². The molecule has 2 aromatic carbocycles. The van der Waals surface area contributed by atoms with E-state index in [-0.39, 0.29) is 18.6 Å². The Balaban J connectivity index is 1.34. The van der Waals surface area contributed by atoms with E-state index >= 15 is 0 Å². The molecular weight excluding hydrogens is 472 g/mol. The highest BCUT2D eigenvalue weighted by molar-refractivity contribution is 7.10. The zero-order valence-electron chi connectivity index (χ0n) is 20.9. The molecule has 4 rings (SSSR count). The van der Waals surface area contributed by atoms with Gasteiger partial charge in [-0.25, -0.2) is 0 Å². The minimum absolute atomic E-state index is 0.00911. The highest BCUT2D eigenvalue weighted by atomic mass is 32.1. The molecule has 2 heterocycles. The minimum atomic E-state index is -0.648. The van der Waals surface area contributed by atoms with Crippen LogP contribution in [0.3, 0.4) is 0 Å². The van der Waals surface area contributed by atoms with Crippen molar-refractivity contribution >= 4 is 23.2 Å². The molecule has 0 radical (unpaired) electrons. The number of amides is 2. The lowest BCUT2D eigenvalue weighted by molar-refractivity contribution is -0.140. The normalized spacial score (nSPS) is 16.2. The lowest BCUT2D eigenvalue weighted by atomic mass is 10.0. The molecule has 8 heteroatoms. The zero-order valence-corrected chi connectivity index (χ0v) is 21.7. The van der Waals surface area contributed by atoms with Gasteiger partial charge in [-0.1, -0.05) is 54.6 Å². The fourth-order valence-electron chi connectivity index (χ4n) is 4.70. The van der Waals surface area contributed by atoms with Gasteiger partial charge in [-0.2, -0.15) is 0 Å². The van der Waals surface area contributed by atoms with Gasteiger partial charge in [-0.15, -0.1) is 11.3 Å². The molecule has 0 saturated carbocycles. The summed E-state index contributed by atoms with van der Waals surface area (Å²) in [5, 5.41) is 7.72. The SMILES string of the molecule is COc1ccccc1CNC(=O)C(=O)NC(C)C(c1cccs1)N1CCN(Cc2ccccc2)CC1. The third-order valence-corrected chi connectivity index (χ3v) is 7.50. The Morgan fingerprint density at radius 3 is 2.36 bits per heavy atom. The third kappa shape index (κ3) is 6.72. The number of rotatable bonds is 9. The maximum atomic E-state index is 12.8. The lowest BCUT2D eigenvalue weighted by Gasteiger charge is -2.41. The van der Waals surface area contributed by atoms with Crippen molar-refractivity contribution in [1.82, 2.24) is 20.4 Å². The molecule has 3 aromatic rings. The molecule has 1 aromatic heterocycles. The first-order valence-corrected chi connectivity index (χ1v) is 13.2. The van der Waals surface area contributed by atoms with Gasteiger partial charge in [0.05, 0.1) is 13.2 Å². The number of piperazine rings is 1. The molecule has 2 amide bonds. The van der Waals surface area contributed by atoms with E-state index in [1.807, 2.05) is 43.3 Å². The highest BCUT2D eigenvalue weighted by Gasteiger charge is 2.31. The number of hydrogen-bond acceptors (Lipinski definition) is 6. The number of carbonyl (C=O) groups excluding carboxylic acids is 2. The summed E-state index contributed by atoms with van der Waals surface area (Å²) in [6.07, 6.45) is 0. The summed E-state index contributed by atoms with van der Waals surface area (Å²) in [6, 6.07) is 21.9. The van der Waals surface area contributed by atoms with E-state index in [0.717, 1.165) is 38.3 Å². The van der Waals surface area contributed by atoms with Crippen molar-refractivity contribution < 1.29 is 14.3 Å². The van der Waals surface area contributed by atoms with E-state index in [1.165, 1.54) is 10.4 Å². The number of nitrogens with one attached hydrogen (secondary N) is 2. The molecule has 1 aliphatic rings. The van der Waals surface area contributed by atoms with Crippen LogP contribution in [0.2, 0.25) is 0 Å². The Morgan fingerprint density at radius 1 is 0.944 bits per heavy atom. The van der Waals surface area contributed by atoms with Gasteiger partial charge >= 0.3 is 11.8 Å². The van der Waals surface area contributed by atoms with Gasteiger partial charge in [-0.05, 0) is 30.0 Å². The largest absolute Gasteiger partial charge is 0.496 e. The maximum Gasteiger partial charge on any atom is 0.309 e. The molecule has 0 spiro atoms. The first-order chi connectivity index (χ1) is 17.5. The standard InChI is InChI=1S/C28H34N4O3S/c1-21(30-28(34)27(33)29-19-23-11-6-7-12-24(23)35-2)26(25-13-8-18-36-25)32-16-14-31(15-17-32)20-22-9-4-3-5-10-22/h3-13,18,21,26H,14-17,19-20H2,1-2H3,(H,29,33)(H,30,34). The van der Waals surface area contributed by atoms with E-state index in [9.17, 15) is 9.59 Å². The Bertz CT molecular complexity index is 1110. The molecule has 1 aliphatic heterocycles. The van der Waals surface area contributed by atoms with E-state index in [2.05, 4.69) is 56.1 Å². The van der Waals surface area contributed by atoms with Crippen LogP contribution in [0, 0.1) is 0 Å². The van der Waals surface area contributed by atoms with Crippen molar-refractivity contribution in [2.24, 2.45) is 0 Å². The minimum Gasteiger partial charge on any atom is -0.496 e. The quantitative estimate of drug-likeness (QED) is 0.435. The van der Waals surface area contributed by atoms with Crippen LogP contribution in [0.1, 0.15) is 29.0 Å². The average Bonchev–Trinajstić information content (AvgIpc) is 3.43. The average molecular weight is 507 g/mol. The summed E-state index contributed by atoms with van der Waals surface area (Å²) >= 11 is 1.68. The molecular formula is C28H34N4O3S. The first-order valence-electron chi connectivity index (χ1n) is 12.3. The highest BCUT2D eigenvalue weighted by Crippen LogP contribution is 2.29. The molecule has 0 aliphatic carbocycles. The third-order valence-electron chi connectivity index (χ3n) is 6.55. The monoisotopic (exact) mass is 506 g/mol. The summed E-state index contributed by atoms with van der Waals surface area (Å²) in [5.74, 6) is -0.595. The van der Waals surface area contributed by atoms with Crippen LogP contribution in [0.4, 0.5) is 0 Å². The molecule has 1 fully saturated rings. The molecule has 190 valence electrons. The first kappa shape index (κ1) is 25.9.